The largest absolute Gasteiger partial charge is 0.357 e. The molecule has 1 aliphatic rings. The van der Waals surface area contributed by atoms with Gasteiger partial charge in [0.05, 0.1) is 4.92 Å². The van der Waals surface area contributed by atoms with Gasteiger partial charge in [0.1, 0.15) is 17.8 Å². The van der Waals surface area contributed by atoms with Crippen molar-refractivity contribution in [2.45, 2.75) is 45.2 Å². The van der Waals surface area contributed by atoms with E-state index in [4.69, 9.17) is 0 Å². The summed E-state index contributed by atoms with van der Waals surface area (Å²) in [5.41, 5.74) is 0. The van der Waals surface area contributed by atoms with Crippen LogP contribution in [0.4, 0.5) is 10.1 Å². The SMILES string of the molecule is CC(C)c1nnc2n1C[C@@H](Nc1ncc([N+](=O)[O-])s1)CC2. The lowest BCUT2D eigenvalue weighted by Gasteiger charge is -2.25. The van der Waals surface area contributed by atoms with Gasteiger partial charge in [-0.2, -0.15) is 0 Å². The number of nitrogens with one attached hydrogen (secondary N) is 1. The predicted octanol–water partition coefficient (Wildman–Crippen LogP) is 2.19. The van der Waals surface area contributed by atoms with Crippen molar-refractivity contribution in [1.29, 1.82) is 0 Å². The smallest absolute Gasteiger partial charge is 0.345 e. The van der Waals surface area contributed by atoms with Crippen LogP contribution in [0.1, 0.15) is 37.8 Å². The Bertz CT molecular complexity index is 665. The molecule has 0 saturated heterocycles. The first-order chi connectivity index (χ1) is 10.0. The van der Waals surface area contributed by atoms with Crippen LogP contribution in [0.2, 0.25) is 0 Å². The fourth-order valence-electron chi connectivity index (χ4n) is 2.48. The zero-order chi connectivity index (χ0) is 15.0. The molecule has 0 saturated carbocycles. The van der Waals surface area contributed by atoms with E-state index in [9.17, 15) is 10.1 Å². The molecule has 1 N–H and O–H groups in total. The highest BCUT2D eigenvalue weighted by atomic mass is 32.1. The zero-order valence-corrected chi connectivity index (χ0v) is 12.6. The third-order valence-corrected chi connectivity index (χ3v) is 4.37. The van der Waals surface area contributed by atoms with Gasteiger partial charge in [-0.25, -0.2) is 4.98 Å². The van der Waals surface area contributed by atoms with Crippen LogP contribution in [0, 0.1) is 10.1 Å². The lowest BCUT2D eigenvalue weighted by atomic mass is 10.1. The average molecular weight is 308 g/mol. The molecule has 0 amide bonds. The van der Waals surface area contributed by atoms with Gasteiger partial charge in [0.15, 0.2) is 5.13 Å². The number of hydrogen-bond donors (Lipinski definition) is 1. The summed E-state index contributed by atoms with van der Waals surface area (Å²) in [6.07, 6.45) is 3.06. The maximum atomic E-state index is 10.7. The van der Waals surface area contributed by atoms with Crippen molar-refractivity contribution in [2.75, 3.05) is 5.32 Å². The molecular formula is C12H16N6O2S. The Labute approximate surface area is 125 Å². The molecule has 0 bridgehead atoms. The Morgan fingerprint density at radius 2 is 2.33 bits per heavy atom. The topological polar surface area (TPSA) is 98.8 Å². The van der Waals surface area contributed by atoms with E-state index in [1.54, 1.807) is 0 Å². The highest BCUT2D eigenvalue weighted by Gasteiger charge is 2.25. The molecule has 3 heterocycles. The van der Waals surface area contributed by atoms with Crippen LogP contribution in [0.25, 0.3) is 0 Å². The van der Waals surface area contributed by atoms with Gasteiger partial charge in [-0.3, -0.25) is 10.1 Å². The minimum Gasteiger partial charge on any atom is -0.357 e. The number of nitrogens with zero attached hydrogens (tertiary/aromatic N) is 5. The van der Waals surface area contributed by atoms with Crippen LogP contribution in [0.15, 0.2) is 6.20 Å². The Morgan fingerprint density at radius 1 is 1.52 bits per heavy atom. The van der Waals surface area contributed by atoms with Gasteiger partial charge in [-0.05, 0) is 17.8 Å². The Morgan fingerprint density at radius 3 is 3.00 bits per heavy atom. The lowest BCUT2D eigenvalue weighted by Crippen LogP contribution is -2.32. The molecule has 8 nitrogen and oxygen atoms in total. The summed E-state index contributed by atoms with van der Waals surface area (Å²) in [6.45, 7) is 4.96. The highest BCUT2D eigenvalue weighted by Crippen LogP contribution is 2.28. The van der Waals surface area contributed by atoms with E-state index in [-0.39, 0.29) is 11.0 Å². The van der Waals surface area contributed by atoms with E-state index in [2.05, 4.69) is 38.9 Å². The summed E-state index contributed by atoms with van der Waals surface area (Å²) in [5, 5.41) is 23.1. The number of aromatic nitrogens is 4. The first-order valence-electron chi connectivity index (χ1n) is 6.83. The van der Waals surface area contributed by atoms with Crippen molar-refractivity contribution in [3.8, 4) is 0 Å². The number of rotatable bonds is 4. The first-order valence-corrected chi connectivity index (χ1v) is 7.65. The van der Waals surface area contributed by atoms with Gasteiger partial charge in [0.2, 0.25) is 0 Å². The van der Waals surface area contributed by atoms with E-state index in [1.807, 2.05) is 0 Å². The molecule has 0 aliphatic carbocycles. The minimum atomic E-state index is -0.418. The van der Waals surface area contributed by atoms with Crippen molar-refractivity contribution >= 4 is 21.5 Å². The van der Waals surface area contributed by atoms with E-state index in [0.717, 1.165) is 42.4 Å². The van der Waals surface area contributed by atoms with Crippen molar-refractivity contribution in [2.24, 2.45) is 0 Å². The Balaban J connectivity index is 1.73. The van der Waals surface area contributed by atoms with Gasteiger partial charge in [0, 0.05) is 24.9 Å². The van der Waals surface area contributed by atoms with Crippen molar-refractivity contribution in [1.82, 2.24) is 19.7 Å². The van der Waals surface area contributed by atoms with E-state index in [0.29, 0.717) is 11.0 Å². The molecule has 0 radical (unpaired) electrons. The molecule has 0 fully saturated rings. The molecule has 112 valence electrons. The Kier molecular flexibility index (Phi) is 3.58. The predicted molar refractivity (Wildman–Crippen MR) is 78.6 cm³/mol. The lowest BCUT2D eigenvalue weighted by molar-refractivity contribution is -0.380. The third-order valence-electron chi connectivity index (χ3n) is 3.49. The van der Waals surface area contributed by atoms with E-state index in [1.165, 1.54) is 6.20 Å². The zero-order valence-electron chi connectivity index (χ0n) is 11.8. The molecule has 21 heavy (non-hydrogen) atoms. The summed E-state index contributed by atoms with van der Waals surface area (Å²) in [7, 11) is 0. The van der Waals surface area contributed by atoms with Crippen LogP contribution in [-0.4, -0.2) is 30.7 Å². The van der Waals surface area contributed by atoms with Gasteiger partial charge < -0.3 is 9.88 Å². The van der Waals surface area contributed by atoms with Crippen LogP contribution < -0.4 is 5.32 Å². The molecule has 2 aromatic rings. The summed E-state index contributed by atoms with van der Waals surface area (Å²) in [5.74, 6) is 2.33. The fraction of sp³-hybridized carbons (Fsp3) is 0.583. The standard InChI is InChI=1S/C12H16N6O2S/c1-7(2)11-16-15-9-4-3-8(6-17(9)11)14-12-13-5-10(21-12)18(19)20/h5,7-8H,3-4,6H2,1-2H3,(H,13,14)/t8-/m0/s1. The quantitative estimate of drug-likeness (QED) is 0.686. The number of anilines is 1. The molecule has 0 unspecified atom stereocenters. The molecule has 1 atom stereocenters. The maximum absolute atomic E-state index is 10.7. The second-order valence-electron chi connectivity index (χ2n) is 5.38. The molecule has 1 aliphatic heterocycles. The molecule has 0 aromatic carbocycles. The summed E-state index contributed by atoms with van der Waals surface area (Å²) in [6, 6.07) is 0.191. The number of nitro groups is 1. The van der Waals surface area contributed by atoms with E-state index >= 15 is 0 Å². The van der Waals surface area contributed by atoms with Gasteiger partial charge >= 0.3 is 5.00 Å². The number of fused-ring (bicyclic) bond motifs is 1. The molecule has 2 aromatic heterocycles. The van der Waals surface area contributed by atoms with Crippen LogP contribution >= 0.6 is 11.3 Å². The number of aryl methyl sites for hydroxylation is 1. The molecule has 0 spiro atoms. The third kappa shape index (κ3) is 2.73. The molecule has 3 rings (SSSR count). The molecule has 9 heteroatoms. The second kappa shape index (κ2) is 5.40. The van der Waals surface area contributed by atoms with Crippen LogP contribution in [0.5, 0.6) is 0 Å². The van der Waals surface area contributed by atoms with Crippen LogP contribution in [0.3, 0.4) is 0 Å². The van der Waals surface area contributed by atoms with Crippen LogP contribution in [-0.2, 0) is 13.0 Å². The fourth-order valence-corrected chi connectivity index (χ4v) is 3.19. The number of hydrogen-bond acceptors (Lipinski definition) is 7. The minimum absolute atomic E-state index is 0.0566. The summed E-state index contributed by atoms with van der Waals surface area (Å²) < 4.78 is 2.15. The van der Waals surface area contributed by atoms with Gasteiger partial charge in [0.25, 0.3) is 0 Å². The highest BCUT2D eigenvalue weighted by molar-refractivity contribution is 7.18. The van der Waals surface area contributed by atoms with Crippen molar-refractivity contribution in [3.05, 3.63) is 28.0 Å². The van der Waals surface area contributed by atoms with Crippen molar-refractivity contribution < 1.29 is 4.92 Å². The van der Waals surface area contributed by atoms with Gasteiger partial charge in [-0.1, -0.05) is 13.8 Å². The average Bonchev–Trinajstić information content (AvgIpc) is 3.04. The first kappa shape index (κ1) is 13.9. The summed E-state index contributed by atoms with van der Waals surface area (Å²) in [4.78, 5) is 14.3. The monoisotopic (exact) mass is 308 g/mol. The summed E-state index contributed by atoms with van der Waals surface area (Å²) >= 11 is 1.07. The van der Waals surface area contributed by atoms with E-state index < -0.39 is 4.92 Å². The molecular weight excluding hydrogens is 292 g/mol. The van der Waals surface area contributed by atoms with Crippen molar-refractivity contribution in [3.63, 3.8) is 0 Å². The maximum Gasteiger partial charge on any atom is 0.345 e. The second-order valence-corrected chi connectivity index (χ2v) is 6.39. The van der Waals surface area contributed by atoms with Gasteiger partial charge in [-0.15, -0.1) is 10.2 Å². The Hall–Kier alpha value is -2.03. The normalized spacial score (nSPS) is 17.8. The number of thiazole rings is 1.